The lowest BCUT2D eigenvalue weighted by Crippen LogP contribution is -2.72. The molecule has 0 amide bonds. The fourth-order valence-electron chi connectivity index (χ4n) is 8.69. The van der Waals surface area contributed by atoms with Gasteiger partial charge in [0.1, 0.15) is 11.5 Å². The summed E-state index contributed by atoms with van der Waals surface area (Å²) in [6, 6.07) is 7.00. The van der Waals surface area contributed by atoms with Gasteiger partial charge in [0.05, 0.1) is 24.4 Å². The number of aliphatic hydroxyl groups excluding tert-OH is 2. The molecule has 8 atom stereocenters. The second kappa shape index (κ2) is 8.77. The van der Waals surface area contributed by atoms with Crippen LogP contribution in [0.5, 0.6) is 0 Å². The SMILES string of the molecule is C=C1C(=O)[C@@]23[C@H](O)C[C@@H]4C(C)(C)CCC[C@@]4(COC(C)=O)[C@@H]2[C@@H](O)C[C@H]1[C@H]3OC(=O)c1ccc(C)cc1. The van der Waals surface area contributed by atoms with E-state index in [0.29, 0.717) is 24.0 Å². The van der Waals surface area contributed by atoms with Gasteiger partial charge in [0, 0.05) is 24.2 Å². The number of hydrogen-bond donors (Lipinski definition) is 2. The monoisotopic (exact) mass is 510 g/mol. The van der Waals surface area contributed by atoms with Crippen LogP contribution in [-0.4, -0.2) is 52.9 Å². The van der Waals surface area contributed by atoms with Crippen LogP contribution >= 0.6 is 0 Å². The van der Waals surface area contributed by atoms with Crippen molar-refractivity contribution in [1.29, 1.82) is 0 Å². The van der Waals surface area contributed by atoms with Gasteiger partial charge in [-0.1, -0.05) is 44.5 Å². The molecule has 0 radical (unpaired) electrons. The maximum Gasteiger partial charge on any atom is 0.338 e. The third kappa shape index (κ3) is 3.64. The van der Waals surface area contributed by atoms with Gasteiger partial charge in [-0.15, -0.1) is 0 Å². The molecule has 1 aromatic rings. The number of ketones is 1. The van der Waals surface area contributed by atoms with Gasteiger partial charge in [-0.05, 0) is 61.6 Å². The van der Waals surface area contributed by atoms with E-state index in [9.17, 15) is 24.6 Å². The van der Waals surface area contributed by atoms with Crippen LogP contribution in [0.3, 0.4) is 0 Å². The van der Waals surface area contributed by atoms with Gasteiger partial charge >= 0.3 is 11.9 Å². The largest absolute Gasteiger partial charge is 0.465 e. The van der Waals surface area contributed by atoms with E-state index in [0.717, 1.165) is 18.4 Å². The molecule has 5 rings (SSSR count). The number of carbonyl (C=O) groups is 3. The van der Waals surface area contributed by atoms with Gasteiger partial charge in [-0.25, -0.2) is 4.79 Å². The van der Waals surface area contributed by atoms with Crippen molar-refractivity contribution in [2.75, 3.05) is 6.61 Å². The summed E-state index contributed by atoms with van der Waals surface area (Å²) in [6.45, 7) is 11.7. The number of ether oxygens (including phenoxy) is 2. The Balaban J connectivity index is 1.64. The van der Waals surface area contributed by atoms with Crippen LogP contribution in [-0.2, 0) is 19.1 Å². The zero-order valence-electron chi connectivity index (χ0n) is 22.2. The Morgan fingerprint density at radius 1 is 1.11 bits per heavy atom. The van der Waals surface area contributed by atoms with E-state index in [2.05, 4.69) is 20.4 Å². The van der Waals surface area contributed by atoms with Gasteiger partial charge in [0.15, 0.2) is 5.78 Å². The molecule has 4 aliphatic rings. The molecule has 2 N–H and O–H groups in total. The summed E-state index contributed by atoms with van der Waals surface area (Å²) >= 11 is 0. The minimum absolute atomic E-state index is 0.0513. The fourth-order valence-corrected chi connectivity index (χ4v) is 8.69. The molecule has 4 saturated carbocycles. The van der Waals surface area contributed by atoms with Crippen LogP contribution in [0.15, 0.2) is 36.4 Å². The molecule has 2 bridgehead atoms. The topological polar surface area (TPSA) is 110 Å². The number of aliphatic hydroxyl groups is 2. The van der Waals surface area contributed by atoms with Crippen molar-refractivity contribution in [2.45, 2.75) is 78.1 Å². The van der Waals surface area contributed by atoms with Crippen LogP contribution in [0.1, 0.15) is 68.8 Å². The Morgan fingerprint density at radius 3 is 2.43 bits per heavy atom. The average molecular weight is 511 g/mol. The third-order valence-electron chi connectivity index (χ3n) is 10.2. The molecule has 0 aromatic heterocycles. The summed E-state index contributed by atoms with van der Waals surface area (Å²) in [5.74, 6) is -2.76. The van der Waals surface area contributed by atoms with Crippen molar-refractivity contribution in [3.05, 3.63) is 47.5 Å². The quantitative estimate of drug-likeness (QED) is 0.469. The minimum Gasteiger partial charge on any atom is -0.465 e. The first-order valence-electron chi connectivity index (χ1n) is 13.4. The van der Waals surface area contributed by atoms with Gasteiger partial charge in [-0.2, -0.15) is 0 Å². The van der Waals surface area contributed by atoms with E-state index in [4.69, 9.17) is 9.47 Å². The Kier molecular flexibility index (Phi) is 6.19. The lowest BCUT2D eigenvalue weighted by Gasteiger charge is -2.66. The van der Waals surface area contributed by atoms with Crippen molar-refractivity contribution in [3.63, 3.8) is 0 Å². The molecule has 4 fully saturated rings. The summed E-state index contributed by atoms with van der Waals surface area (Å²) < 4.78 is 11.8. The van der Waals surface area contributed by atoms with Crippen molar-refractivity contribution in [3.8, 4) is 0 Å². The molecule has 0 aliphatic heterocycles. The molecule has 0 heterocycles. The fraction of sp³-hybridized carbons (Fsp3) is 0.633. The highest BCUT2D eigenvalue weighted by Gasteiger charge is 2.78. The molecule has 37 heavy (non-hydrogen) atoms. The maximum atomic E-state index is 14.1. The second-order valence-corrected chi connectivity index (χ2v) is 12.5. The number of benzene rings is 1. The Morgan fingerprint density at radius 2 is 1.78 bits per heavy atom. The van der Waals surface area contributed by atoms with Gasteiger partial charge in [0.25, 0.3) is 0 Å². The van der Waals surface area contributed by atoms with Crippen LogP contribution in [0.4, 0.5) is 0 Å². The minimum atomic E-state index is -1.54. The highest BCUT2D eigenvalue weighted by Crippen LogP contribution is 2.71. The van der Waals surface area contributed by atoms with E-state index in [-0.39, 0.29) is 30.1 Å². The summed E-state index contributed by atoms with van der Waals surface area (Å²) in [5, 5.41) is 23.6. The molecule has 200 valence electrons. The summed E-state index contributed by atoms with van der Waals surface area (Å²) in [6.07, 6.45) is -0.122. The molecule has 1 aromatic carbocycles. The number of hydrogen-bond acceptors (Lipinski definition) is 7. The number of carbonyl (C=O) groups excluding carboxylic acids is 3. The van der Waals surface area contributed by atoms with Crippen molar-refractivity contribution < 1.29 is 34.1 Å². The van der Waals surface area contributed by atoms with Crippen molar-refractivity contribution in [2.24, 2.45) is 34.0 Å². The zero-order valence-corrected chi connectivity index (χ0v) is 22.2. The van der Waals surface area contributed by atoms with E-state index in [1.165, 1.54) is 6.92 Å². The number of aryl methyl sites for hydroxylation is 1. The number of Topliss-reactive ketones (excluding diaryl/α,β-unsaturated/α-hetero) is 1. The van der Waals surface area contributed by atoms with Crippen molar-refractivity contribution >= 4 is 17.7 Å². The smallest absolute Gasteiger partial charge is 0.338 e. The van der Waals surface area contributed by atoms with Crippen LogP contribution in [0.2, 0.25) is 0 Å². The molecular weight excluding hydrogens is 472 g/mol. The number of fused-ring (bicyclic) bond motifs is 3. The van der Waals surface area contributed by atoms with E-state index < -0.39 is 52.9 Å². The van der Waals surface area contributed by atoms with Crippen molar-refractivity contribution in [1.82, 2.24) is 0 Å². The summed E-state index contributed by atoms with van der Waals surface area (Å²) in [7, 11) is 0. The number of esters is 2. The molecule has 0 saturated heterocycles. The first kappa shape index (κ1) is 26.1. The second-order valence-electron chi connectivity index (χ2n) is 12.5. The molecule has 1 spiro atoms. The molecule has 7 nitrogen and oxygen atoms in total. The lowest BCUT2D eigenvalue weighted by atomic mass is 9.39. The highest BCUT2D eigenvalue weighted by atomic mass is 16.5. The molecule has 0 unspecified atom stereocenters. The van der Waals surface area contributed by atoms with Crippen LogP contribution < -0.4 is 0 Å². The molecular formula is C30H38O7. The van der Waals surface area contributed by atoms with Gasteiger partial charge < -0.3 is 19.7 Å². The molecule has 7 heteroatoms. The standard InChI is InChI=1S/C30H38O7/c1-16-7-9-19(10-8-16)27(35)37-26-20-13-21(32)24-29(15-36-18(3)31)12-6-11-28(4,5)22(29)14-23(33)30(24,26)25(34)17(20)2/h7-10,20-24,26,32-33H,2,6,11-15H2,1,3-5H3/t20-,21+,22-,23-,24+,26-,29+,30-/m1/s1. The third-order valence-corrected chi connectivity index (χ3v) is 10.2. The first-order valence-corrected chi connectivity index (χ1v) is 13.4. The summed E-state index contributed by atoms with van der Waals surface area (Å²) in [4.78, 5) is 39.4. The predicted molar refractivity (Wildman–Crippen MR) is 135 cm³/mol. The van der Waals surface area contributed by atoms with Crippen LogP contribution in [0.25, 0.3) is 0 Å². The zero-order chi connectivity index (χ0) is 26.9. The Labute approximate surface area is 218 Å². The van der Waals surface area contributed by atoms with E-state index >= 15 is 0 Å². The number of rotatable bonds is 4. The predicted octanol–water partition coefficient (Wildman–Crippen LogP) is 3.78. The van der Waals surface area contributed by atoms with Gasteiger partial charge in [0.2, 0.25) is 0 Å². The average Bonchev–Trinajstić information content (AvgIpc) is 2.96. The first-order chi connectivity index (χ1) is 17.4. The Bertz CT molecular complexity index is 1140. The highest BCUT2D eigenvalue weighted by molar-refractivity contribution is 6.05. The van der Waals surface area contributed by atoms with Crippen LogP contribution in [0, 0.1) is 40.9 Å². The normalized spacial score (nSPS) is 39.9. The van der Waals surface area contributed by atoms with Gasteiger partial charge in [-0.3, -0.25) is 9.59 Å². The van der Waals surface area contributed by atoms with E-state index in [1.54, 1.807) is 12.1 Å². The van der Waals surface area contributed by atoms with E-state index in [1.807, 2.05) is 19.1 Å². The Hall–Kier alpha value is -2.51. The maximum absolute atomic E-state index is 14.1. The molecule has 4 aliphatic carbocycles. The summed E-state index contributed by atoms with van der Waals surface area (Å²) in [5.41, 5.74) is -0.835. The lowest BCUT2D eigenvalue weighted by molar-refractivity contribution is -0.264.